The molecule has 0 aromatic heterocycles. The molecular weight excluding hydrogens is 252 g/mol. The summed E-state index contributed by atoms with van der Waals surface area (Å²) in [5, 5.41) is 3.31. The number of anilines is 1. The van der Waals surface area contributed by atoms with Gasteiger partial charge in [0.1, 0.15) is 0 Å². The van der Waals surface area contributed by atoms with Crippen LogP contribution in [0.15, 0.2) is 24.3 Å². The first-order valence-corrected chi connectivity index (χ1v) is 7.36. The first-order valence-electron chi connectivity index (χ1n) is 7.36. The summed E-state index contributed by atoms with van der Waals surface area (Å²) in [7, 11) is 1.86. The third-order valence-electron chi connectivity index (χ3n) is 3.87. The molecule has 1 heterocycles. The number of carbonyl (C=O) groups is 1. The molecule has 4 nitrogen and oxygen atoms in total. The summed E-state index contributed by atoms with van der Waals surface area (Å²) in [6.07, 6.45) is 2.12. The zero-order valence-electron chi connectivity index (χ0n) is 12.6. The van der Waals surface area contributed by atoms with Gasteiger partial charge in [-0.25, -0.2) is 0 Å². The molecule has 1 aliphatic heterocycles. The lowest BCUT2D eigenvalue weighted by Crippen LogP contribution is -2.40. The summed E-state index contributed by atoms with van der Waals surface area (Å²) in [6.45, 7) is 5.84. The molecule has 4 heteroatoms. The fraction of sp³-hybridized carbons (Fsp3) is 0.562. The maximum Gasteiger partial charge on any atom is 0.253 e. The molecule has 110 valence electrons. The lowest BCUT2D eigenvalue weighted by Gasteiger charge is -2.26. The predicted octanol–water partition coefficient (Wildman–Crippen LogP) is 2.76. The Morgan fingerprint density at radius 1 is 1.40 bits per heavy atom. The van der Waals surface area contributed by atoms with Crippen molar-refractivity contribution in [2.45, 2.75) is 38.8 Å². The van der Waals surface area contributed by atoms with Crippen LogP contribution in [-0.2, 0) is 4.74 Å². The van der Waals surface area contributed by atoms with Crippen LogP contribution in [0.3, 0.4) is 0 Å². The number of nitrogens with one attached hydrogen (secondary N) is 1. The zero-order chi connectivity index (χ0) is 14.5. The Labute approximate surface area is 121 Å². The molecule has 0 radical (unpaired) electrons. The highest BCUT2D eigenvalue weighted by Crippen LogP contribution is 2.20. The second-order valence-electron chi connectivity index (χ2n) is 5.35. The Kier molecular flexibility index (Phi) is 5.01. The minimum absolute atomic E-state index is 0.0643. The molecule has 1 aliphatic rings. The molecule has 0 aliphatic carbocycles. The van der Waals surface area contributed by atoms with Gasteiger partial charge in [0.15, 0.2) is 0 Å². The molecule has 2 rings (SSSR count). The average Bonchev–Trinajstić information content (AvgIpc) is 2.90. The van der Waals surface area contributed by atoms with Gasteiger partial charge in [0.2, 0.25) is 0 Å². The SMILES string of the molecule is CCCNc1ccc(C(=O)N(C)C2CCOC2C)cc1. The van der Waals surface area contributed by atoms with E-state index in [0.29, 0.717) is 0 Å². The normalized spacial score (nSPS) is 21.8. The highest BCUT2D eigenvalue weighted by Gasteiger charge is 2.30. The summed E-state index contributed by atoms with van der Waals surface area (Å²) in [6, 6.07) is 7.88. The van der Waals surface area contributed by atoms with E-state index >= 15 is 0 Å². The minimum atomic E-state index is 0.0643. The first-order chi connectivity index (χ1) is 9.63. The number of carbonyl (C=O) groups excluding carboxylic acids is 1. The number of nitrogens with zero attached hydrogens (tertiary/aromatic N) is 1. The fourth-order valence-corrected chi connectivity index (χ4v) is 2.58. The van der Waals surface area contributed by atoms with E-state index in [0.717, 1.165) is 37.2 Å². The van der Waals surface area contributed by atoms with Crippen molar-refractivity contribution in [2.24, 2.45) is 0 Å². The number of likely N-dealkylation sites (N-methyl/N-ethyl adjacent to an activating group) is 1. The van der Waals surface area contributed by atoms with E-state index in [4.69, 9.17) is 4.74 Å². The maximum absolute atomic E-state index is 12.5. The van der Waals surface area contributed by atoms with Crippen LogP contribution < -0.4 is 5.32 Å². The highest BCUT2D eigenvalue weighted by atomic mass is 16.5. The lowest BCUT2D eigenvalue weighted by molar-refractivity contribution is 0.0574. The van der Waals surface area contributed by atoms with Crippen LogP contribution in [0.1, 0.15) is 37.0 Å². The van der Waals surface area contributed by atoms with Gasteiger partial charge in [-0.3, -0.25) is 4.79 Å². The van der Waals surface area contributed by atoms with Crippen LogP contribution in [0.5, 0.6) is 0 Å². The molecule has 0 spiro atoms. The summed E-state index contributed by atoms with van der Waals surface area (Å²) in [5.74, 6) is 0.0643. The van der Waals surface area contributed by atoms with Crippen molar-refractivity contribution in [3.8, 4) is 0 Å². The van der Waals surface area contributed by atoms with Gasteiger partial charge in [-0.15, -0.1) is 0 Å². The predicted molar refractivity (Wildman–Crippen MR) is 81.1 cm³/mol. The van der Waals surface area contributed by atoms with Crippen LogP contribution in [0.2, 0.25) is 0 Å². The Hall–Kier alpha value is -1.55. The minimum Gasteiger partial charge on any atom is -0.385 e. The quantitative estimate of drug-likeness (QED) is 0.899. The highest BCUT2D eigenvalue weighted by molar-refractivity contribution is 5.94. The molecular formula is C16H24N2O2. The van der Waals surface area contributed by atoms with Crippen molar-refractivity contribution >= 4 is 11.6 Å². The molecule has 0 saturated carbocycles. The molecule has 1 saturated heterocycles. The number of ether oxygens (including phenoxy) is 1. The van der Waals surface area contributed by atoms with Gasteiger partial charge in [-0.2, -0.15) is 0 Å². The van der Waals surface area contributed by atoms with Gasteiger partial charge in [0.25, 0.3) is 5.91 Å². The van der Waals surface area contributed by atoms with E-state index in [-0.39, 0.29) is 18.1 Å². The van der Waals surface area contributed by atoms with Crippen LogP contribution in [0, 0.1) is 0 Å². The Morgan fingerprint density at radius 3 is 2.65 bits per heavy atom. The molecule has 20 heavy (non-hydrogen) atoms. The Morgan fingerprint density at radius 2 is 2.10 bits per heavy atom. The smallest absolute Gasteiger partial charge is 0.253 e. The molecule has 0 bridgehead atoms. The monoisotopic (exact) mass is 276 g/mol. The first kappa shape index (κ1) is 14.9. The fourth-order valence-electron chi connectivity index (χ4n) is 2.58. The van der Waals surface area contributed by atoms with Crippen LogP contribution in [-0.4, -0.2) is 43.2 Å². The van der Waals surface area contributed by atoms with Crippen LogP contribution in [0.4, 0.5) is 5.69 Å². The van der Waals surface area contributed by atoms with Crippen molar-refractivity contribution in [3.63, 3.8) is 0 Å². The van der Waals surface area contributed by atoms with Crippen LogP contribution in [0.25, 0.3) is 0 Å². The van der Waals surface area contributed by atoms with Gasteiger partial charge in [0, 0.05) is 31.5 Å². The molecule has 2 unspecified atom stereocenters. The zero-order valence-corrected chi connectivity index (χ0v) is 12.6. The third-order valence-corrected chi connectivity index (χ3v) is 3.87. The second-order valence-corrected chi connectivity index (χ2v) is 5.35. The summed E-state index contributed by atoms with van der Waals surface area (Å²) >= 11 is 0. The van der Waals surface area contributed by atoms with Gasteiger partial charge >= 0.3 is 0 Å². The van der Waals surface area contributed by atoms with E-state index < -0.39 is 0 Å². The molecule has 1 aromatic carbocycles. The molecule has 2 atom stereocenters. The summed E-state index contributed by atoms with van der Waals surface area (Å²) < 4.78 is 5.53. The lowest BCUT2D eigenvalue weighted by atomic mass is 10.1. The number of amides is 1. The summed E-state index contributed by atoms with van der Waals surface area (Å²) in [5.41, 5.74) is 1.79. The Bertz CT molecular complexity index is 444. The van der Waals surface area contributed by atoms with E-state index in [1.165, 1.54) is 0 Å². The molecule has 1 N–H and O–H groups in total. The largest absolute Gasteiger partial charge is 0.385 e. The van der Waals surface area contributed by atoms with Gasteiger partial charge in [-0.05, 0) is 44.0 Å². The topological polar surface area (TPSA) is 41.6 Å². The Balaban J connectivity index is 2.01. The maximum atomic E-state index is 12.5. The van der Waals surface area contributed by atoms with E-state index in [2.05, 4.69) is 12.2 Å². The number of hydrogen-bond acceptors (Lipinski definition) is 3. The number of hydrogen-bond donors (Lipinski definition) is 1. The molecule has 1 fully saturated rings. The van der Waals surface area contributed by atoms with Crippen LogP contribution >= 0.6 is 0 Å². The van der Waals surface area contributed by atoms with Crippen molar-refractivity contribution in [1.82, 2.24) is 4.90 Å². The van der Waals surface area contributed by atoms with E-state index in [1.54, 1.807) is 0 Å². The molecule has 1 aromatic rings. The van der Waals surface area contributed by atoms with Gasteiger partial charge < -0.3 is 15.0 Å². The standard InChI is InChI=1S/C16H24N2O2/c1-4-10-17-14-7-5-13(6-8-14)16(19)18(3)15-9-11-20-12(15)2/h5-8,12,15,17H,4,9-11H2,1-3H3. The second kappa shape index (κ2) is 6.75. The molecule has 1 amide bonds. The number of benzene rings is 1. The third kappa shape index (κ3) is 3.31. The number of rotatable bonds is 5. The van der Waals surface area contributed by atoms with Crippen molar-refractivity contribution in [2.75, 3.05) is 25.5 Å². The van der Waals surface area contributed by atoms with Gasteiger partial charge in [-0.1, -0.05) is 6.92 Å². The van der Waals surface area contributed by atoms with Crippen molar-refractivity contribution in [1.29, 1.82) is 0 Å². The van der Waals surface area contributed by atoms with Crippen molar-refractivity contribution in [3.05, 3.63) is 29.8 Å². The van der Waals surface area contributed by atoms with E-state index in [1.807, 2.05) is 43.1 Å². The average molecular weight is 276 g/mol. The van der Waals surface area contributed by atoms with E-state index in [9.17, 15) is 4.79 Å². The summed E-state index contributed by atoms with van der Waals surface area (Å²) in [4.78, 5) is 14.3. The van der Waals surface area contributed by atoms with Crippen molar-refractivity contribution < 1.29 is 9.53 Å². The van der Waals surface area contributed by atoms with Gasteiger partial charge in [0.05, 0.1) is 12.1 Å².